The fourth-order valence-corrected chi connectivity index (χ4v) is 0.413. The SMILES string of the molecule is CC(C)(S)[C@@H](N)C(=O)O.O=C([O-])P(=O)([O-])[O-].[Na+].[Na+].[Na+]. The number of aliphatic carboxylic acids is 1. The summed E-state index contributed by atoms with van der Waals surface area (Å²) in [5.74, 6) is -1.02. The first-order valence-electron chi connectivity index (χ1n) is 3.74. The zero-order valence-corrected chi connectivity index (χ0v) is 19.2. The first-order valence-corrected chi connectivity index (χ1v) is 5.73. The van der Waals surface area contributed by atoms with Crippen LogP contribution in [0.5, 0.6) is 0 Å². The number of rotatable bonds is 3. The van der Waals surface area contributed by atoms with Crippen molar-refractivity contribution in [2.24, 2.45) is 5.73 Å². The first-order chi connectivity index (χ1) is 6.80. The van der Waals surface area contributed by atoms with E-state index in [9.17, 15) is 4.79 Å². The van der Waals surface area contributed by atoms with Crippen LogP contribution >= 0.6 is 20.2 Å². The second-order valence-corrected chi connectivity index (χ2v) is 5.75. The van der Waals surface area contributed by atoms with Crippen molar-refractivity contribution in [3.05, 3.63) is 0 Å². The van der Waals surface area contributed by atoms with Crippen molar-refractivity contribution >= 4 is 31.9 Å². The van der Waals surface area contributed by atoms with Crippen LogP contribution < -0.4 is 109 Å². The Morgan fingerprint density at radius 2 is 1.47 bits per heavy atom. The van der Waals surface area contributed by atoms with Crippen molar-refractivity contribution in [1.82, 2.24) is 0 Å². The van der Waals surface area contributed by atoms with Gasteiger partial charge in [-0.05, 0) is 21.4 Å². The van der Waals surface area contributed by atoms with Crippen LogP contribution in [0.2, 0.25) is 0 Å². The Labute approximate surface area is 182 Å². The van der Waals surface area contributed by atoms with Gasteiger partial charge in [0.25, 0.3) is 0 Å². The van der Waals surface area contributed by atoms with Gasteiger partial charge >= 0.3 is 94.6 Å². The van der Waals surface area contributed by atoms with Crippen LogP contribution in [0.3, 0.4) is 0 Å². The van der Waals surface area contributed by atoms with E-state index in [4.69, 9.17) is 35.1 Å². The maximum absolute atomic E-state index is 10.2. The van der Waals surface area contributed by atoms with E-state index in [1.54, 1.807) is 13.8 Å². The van der Waals surface area contributed by atoms with Crippen molar-refractivity contribution in [2.75, 3.05) is 0 Å². The molecule has 0 bridgehead atoms. The fraction of sp³-hybridized carbons (Fsp3) is 0.667. The van der Waals surface area contributed by atoms with Crippen molar-refractivity contribution < 1.29 is 123 Å². The van der Waals surface area contributed by atoms with Gasteiger partial charge in [0.2, 0.25) is 0 Å². The smallest absolute Gasteiger partial charge is 0.807 e. The van der Waals surface area contributed by atoms with E-state index in [1.807, 2.05) is 0 Å². The number of thiol groups is 1. The average Bonchev–Trinajstić information content (AvgIpc) is 2.00. The van der Waals surface area contributed by atoms with Gasteiger partial charge in [-0.2, -0.15) is 12.6 Å². The normalized spacial score (nSPS) is 11.3. The van der Waals surface area contributed by atoms with E-state index < -0.39 is 30.1 Å². The monoisotopic (exact) mass is 341 g/mol. The van der Waals surface area contributed by atoms with Crippen LogP contribution in [-0.4, -0.2) is 27.6 Å². The summed E-state index contributed by atoms with van der Waals surface area (Å²) in [6.07, 6.45) is 0. The molecule has 0 saturated carbocycles. The summed E-state index contributed by atoms with van der Waals surface area (Å²) in [6, 6.07) is -0.902. The molecule has 0 aromatic rings. The number of carboxylic acid groups (broad SMARTS) is 2. The van der Waals surface area contributed by atoms with Gasteiger partial charge in [-0.3, -0.25) is 4.79 Å². The van der Waals surface area contributed by atoms with Crippen molar-refractivity contribution in [1.29, 1.82) is 0 Å². The molecule has 0 aliphatic heterocycles. The van der Waals surface area contributed by atoms with Gasteiger partial charge in [-0.15, -0.1) is 0 Å². The molecule has 0 rings (SSSR count). The van der Waals surface area contributed by atoms with Crippen LogP contribution in [-0.2, 0) is 9.36 Å². The predicted molar refractivity (Wildman–Crippen MR) is 51.7 cm³/mol. The molecule has 19 heavy (non-hydrogen) atoms. The summed E-state index contributed by atoms with van der Waals surface area (Å²) >= 11 is 3.98. The van der Waals surface area contributed by atoms with Gasteiger partial charge in [-0.25, -0.2) is 0 Å². The summed E-state index contributed by atoms with van der Waals surface area (Å²) in [4.78, 5) is 37.5. The van der Waals surface area contributed by atoms with Gasteiger partial charge in [0.05, 0.1) is 5.71 Å². The average molecular weight is 341 g/mol. The molecule has 0 aromatic heterocycles. The number of hydrogen-bond donors (Lipinski definition) is 3. The molecular formula is C6H11NNa3O7PS. The van der Waals surface area contributed by atoms with Gasteiger partial charge < -0.3 is 35.1 Å². The minimum atomic E-state index is -5.43. The predicted octanol–water partition coefficient (Wildman–Crippen LogP) is -11.6. The quantitative estimate of drug-likeness (QED) is 0.258. The Balaban J connectivity index is -0.0000000607. The Hall–Kier alpha value is 2.40. The van der Waals surface area contributed by atoms with Gasteiger partial charge in [0, 0.05) is 4.75 Å². The van der Waals surface area contributed by atoms with Crippen LogP contribution in [0, 0.1) is 0 Å². The van der Waals surface area contributed by atoms with Crippen LogP contribution in [0.25, 0.3) is 0 Å². The summed E-state index contributed by atoms with van der Waals surface area (Å²) < 4.78 is 8.49. The van der Waals surface area contributed by atoms with E-state index >= 15 is 0 Å². The van der Waals surface area contributed by atoms with E-state index in [1.165, 1.54) is 0 Å². The molecule has 3 N–H and O–H groups in total. The fourth-order valence-electron chi connectivity index (χ4n) is 0.302. The summed E-state index contributed by atoms with van der Waals surface area (Å²) in [5, 5.41) is 17.4. The molecule has 0 saturated heterocycles. The number of carbonyl (C=O) groups excluding carboxylic acids is 1. The Kier molecular flexibility index (Phi) is 24.4. The summed E-state index contributed by atoms with van der Waals surface area (Å²) in [5.41, 5.74) is 2.66. The van der Waals surface area contributed by atoms with E-state index in [0.717, 1.165) is 0 Å². The number of nitrogens with two attached hydrogens (primary N) is 1. The zero-order valence-electron chi connectivity index (χ0n) is 11.4. The molecule has 96 valence electrons. The molecular weight excluding hydrogens is 330 g/mol. The summed E-state index contributed by atoms with van der Waals surface area (Å²) in [6.45, 7) is 3.32. The molecule has 8 nitrogen and oxygen atoms in total. The van der Waals surface area contributed by atoms with Gasteiger partial charge in [0.1, 0.15) is 6.04 Å². The molecule has 0 aromatic carbocycles. The second kappa shape index (κ2) is 14.0. The molecule has 0 unspecified atom stereocenters. The molecule has 0 aliphatic carbocycles. The number of carboxylic acids is 1. The van der Waals surface area contributed by atoms with E-state index in [0.29, 0.717) is 0 Å². The van der Waals surface area contributed by atoms with Crippen LogP contribution in [0.1, 0.15) is 13.8 Å². The third-order valence-electron chi connectivity index (χ3n) is 1.25. The molecule has 0 heterocycles. The Morgan fingerprint density at radius 3 is 1.47 bits per heavy atom. The van der Waals surface area contributed by atoms with Crippen LogP contribution in [0.15, 0.2) is 0 Å². The Morgan fingerprint density at radius 1 is 1.26 bits per heavy atom. The third-order valence-corrected chi connectivity index (χ3v) is 1.98. The second-order valence-electron chi connectivity index (χ2n) is 3.23. The molecule has 0 fully saturated rings. The van der Waals surface area contributed by atoms with E-state index in [-0.39, 0.29) is 88.7 Å². The molecule has 0 spiro atoms. The molecule has 0 aliphatic rings. The van der Waals surface area contributed by atoms with E-state index in [2.05, 4.69) is 12.6 Å². The van der Waals surface area contributed by atoms with Crippen molar-refractivity contribution in [2.45, 2.75) is 24.6 Å². The Bertz CT molecular complexity index is 318. The minimum Gasteiger partial charge on any atom is -0.807 e. The van der Waals surface area contributed by atoms with Gasteiger partial charge in [0.15, 0.2) is 0 Å². The largest absolute Gasteiger partial charge is 1.00 e. The van der Waals surface area contributed by atoms with Crippen molar-refractivity contribution in [3.8, 4) is 0 Å². The molecule has 13 heteroatoms. The van der Waals surface area contributed by atoms with Gasteiger partial charge in [-0.1, -0.05) is 0 Å². The standard InChI is InChI=1S/C5H11NO2S.CH3O5P.3Na/c1-5(2,9)3(6)4(7)8;2-1(3)7(4,5)6;;;/h3,9H,6H2,1-2H3,(H,7,8);(H,2,3)(H2,4,5,6);;;/q;;3*+1/p-3/t3-;;;;/m0..../s1. The minimum absolute atomic E-state index is 0. The number of carbonyl (C=O) groups is 2. The van der Waals surface area contributed by atoms with Crippen LogP contribution in [0.4, 0.5) is 4.79 Å². The van der Waals surface area contributed by atoms with Crippen molar-refractivity contribution in [3.63, 3.8) is 0 Å². The molecule has 0 amide bonds. The number of hydrogen-bond acceptors (Lipinski definition) is 8. The zero-order chi connectivity index (χ0) is 13.7. The molecule has 1 atom stereocenters. The summed E-state index contributed by atoms with van der Waals surface area (Å²) in [7, 11) is -5.43. The maximum Gasteiger partial charge on any atom is 1.00 e. The topological polar surface area (TPSA) is 167 Å². The third kappa shape index (κ3) is 20.4. The first kappa shape index (κ1) is 33.1. The maximum atomic E-state index is 10.2. The molecule has 0 radical (unpaired) electrons.